The van der Waals surface area contributed by atoms with Crippen molar-refractivity contribution in [2.75, 3.05) is 11.6 Å². The minimum atomic E-state index is -4.80. The van der Waals surface area contributed by atoms with Crippen molar-refractivity contribution in [1.82, 2.24) is 4.90 Å². The summed E-state index contributed by atoms with van der Waals surface area (Å²) >= 11 is 1.30. The van der Waals surface area contributed by atoms with Gasteiger partial charge < -0.3 is 14.7 Å². The summed E-state index contributed by atoms with van der Waals surface area (Å²) in [5.41, 5.74) is 0.110. The summed E-state index contributed by atoms with van der Waals surface area (Å²) < 4.78 is 39.8. The Morgan fingerprint density at radius 1 is 1.29 bits per heavy atom. The third-order valence-electron chi connectivity index (χ3n) is 2.76. The first kappa shape index (κ1) is 15.5. The van der Waals surface area contributed by atoms with E-state index in [1.807, 2.05) is 0 Å². The molecule has 114 valence electrons. The Bertz CT molecular complexity index is 546. The normalized spacial score (nSPS) is 18.6. The van der Waals surface area contributed by atoms with Crippen molar-refractivity contribution in [3.63, 3.8) is 0 Å². The smallest absolute Gasteiger partial charge is 0.480 e. The fourth-order valence-corrected chi connectivity index (χ4v) is 2.96. The number of carboxylic acids is 1. The third kappa shape index (κ3) is 3.81. The van der Waals surface area contributed by atoms with E-state index in [0.717, 1.165) is 12.1 Å². The van der Waals surface area contributed by atoms with E-state index >= 15 is 0 Å². The summed E-state index contributed by atoms with van der Waals surface area (Å²) in [4.78, 5) is 24.3. The largest absolute Gasteiger partial charge is 0.573 e. The molecule has 0 aromatic heterocycles. The predicted molar refractivity (Wildman–Crippen MR) is 68.0 cm³/mol. The number of carbonyl (C=O) groups is 2. The first-order valence-electron chi connectivity index (χ1n) is 5.75. The molecular formula is C12H10F3NO4S. The molecule has 1 atom stereocenters. The van der Waals surface area contributed by atoms with E-state index in [0.29, 0.717) is 0 Å². The highest BCUT2D eigenvalue weighted by Gasteiger charge is 2.35. The van der Waals surface area contributed by atoms with Gasteiger partial charge in [0.1, 0.15) is 11.8 Å². The molecule has 1 aromatic carbocycles. The van der Waals surface area contributed by atoms with E-state index < -0.39 is 30.0 Å². The fraction of sp³-hybridized carbons (Fsp3) is 0.333. The molecule has 1 aromatic rings. The molecule has 0 bridgehead atoms. The number of thioether (sulfide) groups is 1. The summed E-state index contributed by atoms with van der Waals surface area (Å²) in [5.74, 6) is -1.56. The number of nitrogens with zero attached hydrogens (tertiary/aromatic N) is 1. The quantitative estimate of drug-likeness (QED) is 0.924. The second kappa shape index (κ2) is 5.84. The topological polar surface area (TPSA) is 66.8 Å². The molecule has 1 amide bonds. The van der Waals surface area contributed by atoms with Crippen molar-refractivity contribution < 1.29 is 32.6 Å². The lowest BCUT2D eigenvalue weighted by Crippen LogP contribution is -2.41. The van der Waals surface area contributed by atoms with Crippen LogP contribution < -0.4 is 4.74 Å². The van der Waals surface area contributed by atoms with Gasteiger partial charge in [-0.05, 0) is 24.3 Å². The van der Waals surface area contributed by atoms with E-state index in [1.165, 1.54) is 28.8 Å². The molecule has 1 fully saturated rings. The van der Waals surface area contributed by atoms with E-state index in [9.17, 15) is 22.8 Å². The van der Waals surface area contributed by atoms with Crippen LogP contribution in [0.1, 0.15) is 10.4 Å². The molecule has 1 unspecified atom stereocenters. The van der Waals surface area contributed by atoms with Crippen LogP contribution in [0.2, 0.25) is 0 Å². The van der Waals surface area contributed by atoms with Crippen LogP contribution in [0.4, 0.5) is 13.2 Å². The number of carboxylic acid groups (broad SMARTS) is 1. The number of hydrogen-bond acceptors (Lipinski definition) is 4. The van der Waals surface area contributed by atoms with Gasteiger partial charge in [0.25, 0.3) is 5.91 Å². The maximum absolute atomic E-state index is 12.1. The number of aliphatic carboxylic acids is 1. The number of alkyl halides is 3. The van der Waals surface area contributed by atoms with Gasteiger partial charge in [-0.1, -0.05) is 0 Å². The number of rotatable bonds is 3. The average molecular weight is 321 g/mol. The molecule has 1 N–H and O–H groups in total. The Morgan fingerprint density at radius 3 is 2.43 bits per heavy atom. The summed E-state index contributed by atoms with van der Waals surface area (Å²) in [6.45, 7) is 0. The molecule has 1 aliphatic heterocycles. The van der Waals surface area contributed by atoms with E-state index in [1.54, 1.807) is 0 Å². The third-order valence-corrected chi connectivity index (χ3v) is 3.78. The van der Waals surface area contributed by atoms with Gasteiger partial charge in [0.15, 0.2) is 0 Å². The van der Waals surface area contributed by atoms with E-state index in [4.69, 9.17) is 5.11 Å². The molecule has 0 spiro atoms. The Balaban J connectivity index is 2.11. The van der Waals surface area contributed by atoms with Gasteiger partial charge in [-0.25, -0.2) is 4.79 Å². The van der Waals surface area contributed by atoms with Crippen LogP contribution in [-0.2, 0) is 4.79 Å². The number of amides is 1. The molecule has 5 nitrogen and oxygen atoms in total. The highest BCUT2D eigenvalue weighted by molar-refractivity contribution is 7.99. The highest BCUT2D eigenvalue weighted by Crippen LogP contribution is 2.26. The van der Waals surface area contributed by atoms with Crippen molar-refractivity contribution in [3.8, 4) is 5.75 Å². The number of carbonyl (C=O) groups excluding carboxylic acids is 1. The SMILES string of the molecule is O=C(O)C1CSCN1C(=O)c1ccc(OC(F)(F)F)cc1. The number of ether oxygens (including phenoxy) is 1. The minimum Gasteiger partial charge on any atom is -0.480 e. The fourth-order valence-electron chi connectivity index (χ4n) is 1.81. The number of benzene rings is 1. The average Bonchev–Trinajstić information content (AvgIpc) is 2.86. The summed E-state index contributed by atoms with van der Waals surface area (Å²) in [6.07, 6.45) is -4.80. The van der Waals surface area contributed by atoms with Crippen molar-refractivity contribution >= 4 is 23.6 Å². The molecule has 1 saturated heterocycles. The van der Waals surface area contributed by atoms with Crippen LogP contribution in [0.3, 0.4) is 0 Å². The first-order chi connectivity index (χ1) is 9.78. The summed E-state index contributed by atoms with van der Waals surface area (Å²) in [5, 5.41) is 9.00. The monoisotopic (exact) mass is 321 g/mol. The number of halogens is 3. The molecule has 21 heavy (non-hydrogen) atoms. The van der Waals surface area contributed by atoms with Crippen molar-refractivity contribution in [2.24, 2.45) is 0 Å². The van der Waals surface area contributed by atoms with Crippen LogP contribution in [0, 0.1) is 0 Å². The lowest BCUT2D eigenvalue weighted by atomic mass is 10.1. The standard InChI is InChI=1S/C12H10F3NO4S/c13-12(14,15)20-8-3-1-7(2-4-8)10(17)16-6-21-5-9(16)11(18)19/h1-4,9H,5-6H2,(H,18,19). The maximum Gasteiger partial charge on any atom is 0.573 e. The minimum absolute atomic E-state index is 0.110. The molecule has 1 heterocycles. The predicted octanol–water partition coefficient (Wildman–Crippen LogP) is 2.18. The molecular weight excluding hydrogens is 311 g/mol. The van der Waals surface area contributed by atoms with Crippen molar-refractivity contribution in [2.45, 2.75) is 12.4 Å². The molecule has 2 rings (SSSR count). The van der Waals surface area contributed by atoms with Gasteiger partial charge in [0, 0.05) is 11.3 Å². The van der Waals surface area contributed by atoms with Crippen LogP contribution in [0.25, 0.3) is 0 Å². The zero-order valence-corrected chi connectivity index (χ0v) is 11.3. The summed E-state index contributed by atoms with van der Waals surface area (Å²) in [7, 11) is 0. The maximum atomic E-state index is 12.1. The zero-order valence-electron chi connectivity index (χ0n) is 10.5. The van der Waals surface area contributed by atoms with Crippen LogP contribution in [0.15, 0.2) is 24.3 Å². The van der Waals surface area contributed by atoms with Gasteiger partial charge in [-0.2, -0.15) is 0 Å². The lowest BCUT2D eigenvalue weighted by Gasteiger charge is -2.20. The van der Waals surface area contributed by atoms with Crippen LogP contribution >= 0.6 is 11.8 Å². The van der Waals surface area contributed by atoms with E-state index in [-0.39, 0.29) is 17.2 Å². The van der Waals surface area contributed by atoms with Crippen molar-refractivity contribution in [1.29, 1.82) is 0 Å². The lowest BCUT2D eigenvalue weighted by molar-refractivity contribution is -0.274. The highest BCUT2D eigenvalue weighted by atomic mass is 32.2. The second-order valence-corrected chi connectivity index (χ2v) is 5.20. The number of hydrogen-bond donors (Lipinski definition) is 1. The van der Waals surface area contributed by atoms with Gasteiger partial charge in [0.05, 0.1) is 5.88 Å². The Hall–Kier alpha value is -1.90. The zero-order chi connectivity index (χ0) is 15.6. The van der Waals surface area contributed by atoms with Gasteiger partial charge in [-0.15, -0.1) is 24.9 Å². The Labute approximate surface area is 121 Å². The first-order valence-corrected chi connectivity index (χ1v) is 6.91. The molecule has 0 radical (unpaired) electrons. The summed E-state index contributed by atoms with van der Waals surface area (Å²) in [6, 6.07) is 3.45. The van der Waals surface area contributed by atoms with Gasteiger partial charge in [0.2, 0.25) is 0 Å². The van der Waals surface area contributed by atoms with Crippen LogP contribution in [-0.4, -0.2) is 45.9 Å². The van der Waals surface area contributed by atoms with E-state index in [2.05, 4.69) is 4.74 Å². The Kier molecular flexibility index (Phi) is 4.31. The molecule has 1 aliphatic rings. The van der Waals surface area contributed by atoms with Gasteiger partial charge in [-0.3, -0.25) is 4.79 Å². The molecule has 0 aliphatic carbocycles. The molecule has 9 heteroatoms. The van der Waals surface area contributed by atoms with Crippen molar-refractivity contribution in [3.05, 3.63) is 29.8 Å². The van der Waals surface area contributed by atoms with Crippen LogP contribution in [0.5, 0.6) is 5.75 Å². The molecule has 0 saturated carbocycles. The Morgan fingerprint density at radius 2 is 1.90 bits per heavy atom. The second-order valence-electron chi connectivity index (χ2n) is 4.20. The van der Waals surface area contributed by atoms with Gasteiger partial charge >= 0.3 is 12.3 Å².